The number of anilines is 1. The van der Waals surface area contributed by atoms with E-state index in [0.717, 1.165) is 11.3 Å². The molecular weight excluding hydrogens is 319 g/mol. The molecule has 5 heteroatoms. The zero-order valence-corrected chi connectivity index (χ0v) is 14.8. The molecule has 0 heterocycles. The van der Waals surface area contributed by atoms with E-state index >= 15 is 0 Å². The maximum absolute atomic E-state index is 13.9. The summed E-state index contributed by atoms with van der Waals surface area (Å²) in [5, 5.41) is 0. The summed E-state index contributed by atoms with van der Waals surface area (Å²) in [5.41, 5.74) is 2.24. The lowest BCUT2D eigenvalue weighted by atomic mass is 10.2. The number of carbonyl (C=O) groups is 2. The summed E-state index contributed by atoms with van der Waals surface area (Å²) in [4.78, 5) is 27.6. The molecule has 0 aliphatic carbocycles. The van der Waals surface area contributed by atoms with Gasteiger partial charge in [0.15, 0.2) is 0 Å². The first-order valence-corrected chi connectivity index (χ1v) is 8.28. The SMILES string of the molecule is CCN(C(=O)CN(Cc1ccccc1F)C(C)=O)c1cccc(C)c1. The topological polar surface area (TPSA) is 40.6 Å². The van der Waals surface area contributed by atoms with Crippen LogP contribution in [0.3, 0.4) is 0 Å². The van der Waals surface area contributed by atoms with Crippen LogP contribution in [-0.2, 0) is 16.1 Å². The Labute approximate surface area is 147 Å². The minimum Gasteiger partial charge on any atom is -0.329 e. The van der Waals surface area contributed by atoms with Crippen molar-refractivity contribution in [3.8, 4) is 0 Å². The molecule has 25 heavy (non-hydrogen) atoms. The summed E-state index contributed by atoms with van der Waals surface area (Å²) >= 11 is 0. The fourth-order valence-corrected chi connectivity index (χ4v) is 2.66. The first-order chi connectivity index (χ1) is 11.9. The number of nitrogens with zero attached hydrogens (tertiary/aromatic N) is 2. The number of benzene rings is 2. The van der Waals surface area contributed by atoms with Crippen molar-refractivity contribution < 1.29 is 14.0 Å². The lowest BCUT2D eigenvalue weighted by Crippen LogP contribution is -2.42. The second-order valence-electron chi connectivity index (χ2n) is 5.94. The molecule has 0 bridgehead atoms. The standard InChI is InChI=1S/C20H23FN2O2/c1-4-23(18-10-7-8-15(2)12-18)20(25)14-22(16(3)24)13-17-9-5-6-11-19(17)21/h5-12H,4,13-14H2,1-3H3. The second kappa shape index (κ2) is 8.42. The smallest absolute Gasteiger partial charge is 0.246 e. The van der Waals surface area contributed by atoms with Crippen molar-refractivity contribution >= 4 is 17.5 Å². The Morgan fingerprint density at radius 1 is 1.08 bits per heavy atom. The van der Waals surface area contributed by atoms with Gasteiger partial charge in [-0.05, 0) is 37.6 Å². The van der Waals surface area contributed by atoms with Crippen LogP contribution in [0.4, 0.5) is 10.1 Å². The van der Waals surface area contributed by atoms with E-state index in [4.69, 9.17) is 0 Å². The highest BCUT2D eigenvalue weighted by atomic mass is 19.1. The van der Waals surface area contributed by atoms with Gasteiger partial charge in [0.2, 0.25) is 11.8 Å². The summed E-state index contributed by atoms with van der Waals surface area (Å²) in [6.07, 6.45) is 0. The molecule has 0 aliphatic rings. The van der Waals surface area contributed by atoms with Crippen LogP contribution in [0.25, 0.3) is 0 Å². The van der Waals surface area contributed by atoms with Gasteiger partial charge in [-0.15, -0.1) is 0 Å². The predicted octanol–water partition coefficient (Wildman–Crippen LogP) is 3.54. The summed E-state index contributed by atoms with van der Waals surface area (Å²) in [6.45, 7) is 5.70. The molecule has 0 aliphatic heterocycles. The number of rotatable bonds is 6. The Kier molecular flexibility index (Phi) is 6.28. The highest BCUT2D eigenvalue weighted by Gasteiger charge is 2.20. The third-order valence-electron chi connectivity index (χ3n) is 4.02. The molecule has 2 aromatic rings. The van der Waals surface area contributed by atoms with Gasteiger partial charge in [-0.2, -0.15) is 0 Å². The molecule has 0 saturated heterocycles. The third kappa shape index (κ3) is 4.89. The fourth-order valence-electron chi connectivity index (χ4n) is 2.66. The summed E-state index contributed by atoms with van der Waals surface area (Å²) < 4.78 is 13.9. The molecule has 132 valence electrons. The number of hydrogen-bond acceptors (Lipinski definition) is 2. The molecule has 0 saturated carbocycles. The number of amides is 2. The molecular formula is C20H23FN2O2. The molecule has 2 aromatic carbocycles. The lowest BCUT2D eigenvalue weighted by Gasteiger charge is -2.26. The van der Waals surface area contributed by atoms with Gasteiger partial charge >= 0.3 is 0 Å². The third-order valence-corrected chi connectivity index (χ3v) is 4.02. The van der Waals surface area contributed by atoms with Crippen LogP contribution in [0.15, 0.2) is 48.5 Å². The molecule has 0 unspecified atom stereocenters. The second-order valence-corrected chi connectivity index (χ2v) is 5.94. The molecule has 0 N–H and O–H groups in total. The highest BCUT2D eigenvalue weighted by Crippen LogP contribution is 2.17. The normalized spacial score (nSPS) is 10.4. The fraction of sp³-hybridized carbons (Fsp3) is 0.300. The van der Waals surface area contributed by atoms with E-state index in [1.807, 2.05) is 38.1 Å². The number of hydrogen-bond donors (Lipinski definition) is 0. The first-order valence-electron chi connectivity index (χ1n) is 8.28. The molecule has 0 aromatic heterocycles. The van der Waals surface area contributed by atoms with Crippen LogP contribution >= 0.6 is 0 Å². The Balaban J connectivity index is 2.16. The minimum absolute atomic E-state index is 0.0686. The molecule has 4 nitrogen and oxygen atoms in total. The molecule has 0 atom stereocenters. The van der Waals surface area contributed by atoms with Crippen LogP contribution in [0.5, 0.6) is 0 Å². The van der Waals surface area contributed by atoms with Gasteiger partial charge in [-0.25, -0.2) is 4.39 Å². The van der Waals surface area contributed by atoms with Gasteiger partial charge in [-0.3, -0.25) is 9.59 Å². The summed E-state index contributed by atoms with van der Waals surface area (Å²) in [6, 6.07) is 13.9. The summed E-state index contributed by atoms with van der Waals surface area (Å²) in [7, 11) is 0. The average Bonchev–Trinajstić information content (AvgIpc) is 2.57. The van der Waals surface area contributed by atoms with Gasteiger partial charge in [0.25, 0.3) is 0 Å². The van der Waals surface area contributed by atoms with Crippen LogP contribution < -0.4 is 4.90 Å². The van der Waals surface area contributed by atoms with E-state index < -0.39 is 0 Å². The van der Waals surface area contributed by atoms with E-state index in [1.165, 1.54) is 17.9 Å². The van der Waals surface area contributed by atoms with Crippen LogP contribution in [0.1, 0.15) is 25.0 Å². The Morgan fingerprint density at radius 2 is 1.80 bits per heavy atom. The van der Waals surface area contributed by atoms with E-state index in [-0.39, 0.29) is 30.7 Å². The van der Waals surface area contributed by atoms with Crippen molar-refractivity contribution in [3.05, 3.63) is 65.5 Å². The largest absolute Gasteiger partial charge is 0.329 e. The molecule has 0 spiro atoms. The lowest BCUT2D eigenvalue weighted by molar-refractivity contribution is -0.134. The van der Waals surface area contributed by atoms with Crippen molar-refractivity contribution in [2.24, 2.45) is 0 Å². The van der Waals surface area contributed by atoms with Gasteiger partial charge in [0, 0.05) is 31.3 Å². The molecule has 2 amide bonds. The molecule has 0 radical (unpaired) electrons. The van der Waals surface area contributed by atoms with Gasteiger partial charge in [-0.1, -0.05) is 30.3 Å². The van der Waals surface area contributed by atoms with Gasteiger partial charge < -0.3 is 9.80 Å². The van der Waals surface area contributed by atoms with Crippen molar-refractivity contribution in [2.75, 3.05) is 18.0 Å². The van der Waals surface area contributed by atoms with E-state index in [2.05, 4.69) is 0 Å². The monoisotopic (exact) mass is 342 g/mol. The van der Waals surface area contributed by atoms with E-state index in [1.54, 1.807) is 23.1 Å². The van der Waals surface area contributed by atoms with Crippen molar-refractivity contribution in [1.82, 2.24) is 4.90 Å². The van der Waals surface area contributed by atoms with Gasteiger partial charge in [0.05, 0.1) is 0 Å². The number of likely N-dealkylation sites (N-methyl/N-ethyl adjacent to an activating group) is 1. The van der Waals surface area contributed by atoms with Crippen molar-refractivity contribution in [3.63, 3.8) is 0 Å². The Hall–Kier alpha value is -2.69. The minimum atomic E-state index is -0.382. The van der Waals surface area contributed by atoms with Crippen LogP contribution in [-0.4, -0.2) is 29.8 Å². The highest BCUT2D eigenvalue weighted by molar-refractivity contribution is 5.96. The number of halogens is 1. The van der Waals surface area contributed by atoms with E-state index in [0.29, 0.717) is 12.1 Å². The average molecular weight is 342 g/mol. The maximum atomic E-state index is 13.9. The van der Waals surface area contributed by atoms with Crippen LogP contribution in [0.2, 0.25) is 0 Å². The van der Waals surface area contributed by atoms with E-state index in [9.17, 15) is 14.0 Å². The Bertz CT molecular complexity index is 761. The van der Waals surface area contributed by atoms with Crippen molar-refractivity contribution in [1.29, 1.82) is 0 Å². The maximum Gasteiger partial charge on any atom is 0.246 e. The molecule has 0 fully saturated rings. The quantitative estimate of drug-likeness (QED) is 0.806. The van der Waals surface area contributed by atoms with Crippen molar-refractivity contribution in [2.45, 2.75) is 27.3 Å². The zero-order valence-electron chi connectivity index (χ0n) is 14.8. The first kappa shape index (κ1) is 18.6. The predicted molar refractivity (Wildman–Crippen MR) is 96.7 cm³/mol. The number of aryl methyl sites for hydroxylation is 1. The Morgan fingerprint density at radius 3 is 2.40 bits per heavy atom. The zero-order chi connectivity index (χ0) is 18.4. The molecule has 2 rings (SSSR count). The summed E-state index contributed by atoms with van der Waals surface area (Å²) in [5.74, 6) is -0.844. The van der Waals surface area contributed by atoms with Crippen LogP contribution in [0, 0.1) is 12.7 Å². The van der Waals surface area contributed by atoms with Gasteiger partial charge in [0.1, 0.15) is 12.4 Å². The number of carbonyl (C=O) groups excluding carboxylic acids is 2.